The zero-order chi connectivity index (χ0) is 11.0. The van der Waals surface area contributed by atoms with Gasteiger partial charge < -0.3 is 4.74 Å². The molecule has 3 rings (SSSR count). The number of carbonyl (C=O) groups is 1. The van der Waals surface area contributed by atoms with Crippen LogP contribution in [0.3, 0.4) is 0 Å². The summed E-state index contributed by atoms with van der Waals surface area (Å²) in [5.41, 5.74) is 2.57. The van der Waals surface area contributed by atoms with Crippen molar-refractivity contribution in [1.82, 2.24) is 0 Å². The number of esters is 1. The molecule has 2 aliphatic rings. The van der Waals surface area contributed by atoms with E-state index < -0.39 is 0 Å². The smallest absolute Gasteiger partial charge is 0.339 e. The van der Waals surface area contributed by atoms with Crippen molar-refractivity contribution in [2.45, 2.75) is 6.10 Å². The van der Waals surface area contributed by atoms with Crippen LogP contribution in [-0.4, -0.2) is 12.1 Å². The molecule has 1 aliphatic heterocycles. The standard InChI is InChI=1S/C14H10O2/c15-14-12-7-3-1-5-10(12)9-11-6-2-4-8-13(11)16-14/h1-9,13H. The fraction of sp³-hybridized carbons (Fsp3) is 0.0714. The highest BCUT2D eigenvalue weighted by Crippen LogP contribution is 2.25. The molecule has 0 spiro atoms. The van der Waals surface area contributed by atoms with Crippen LogP contribution in [0.15, 0.2) is 54.1 Å². The van der Waals surface area contributed by atoms with Crippen LogP contribution in [0.4, 0.5) is 0 Å². The van der Waals surface area contributed by atoms with E-state index in [1.54, 1.807) is 6.07 Å². The first-order valence-electron chi connectivity index (χ1n) is 5.21. The Labute approximate surface area is 93.5 Å². The highest BCUT2D eigenvalue weighted by atomic mass is 16.5. The van der Waals surface area contributed by atoms with E-state index >= 15 is 0 Å². The van der Waals surface area contributed by atoms with Crippen molar-refractivity contribution >= 4 is 12.0 Å². The van der Waals surface area contributed by atoms with E-state index in [4.69, 9.17) is 4.74 Å². The first-order valence-corrected chi connectivity index (χ1v) is 5.21. The van der Waals surface area contributed by atoms with Crippen molar-refractivity contribution in [3.05, 3.63) is 65.3 Å². The maximum absolute atomic E-state index is 11.8. The minimum atomic E-state index is -0.258. The molecule has 1 aromatic rings. The van der Waals surface area contributed by atoms with Gasteiger partial charge in [-0.3, -0.25) is 0 Å². The molecule has 1 atom stereocenters. The van der Waals surface area contributed by atoms with Crippen LogP contribution in [0.2, 0.25) is 0 Å². The molecular formula is C14H10O2. The van der Waals surface area contributed by atoms with Crippen LogP contribution in [0, 0.1) is 0 Å². The predicted octanol–water partition coefficient (Wildman–Crippen LogP) is 2.74. The first-order chi connectivity index (χ1) is 7.84. The highest BCUT2D eigenvalue weighted by molar-refractivity contribution is 5.95. The van der Waals surface area contributed by atoms with Crippen molar-refractivity contribution in [1.29, 1.82) is 0 Å². The number of hydrogen-bond donors (Lipinski definition) is 0. The molecule has 0 fully saturated rings. The Kier molecular flexibility index (Phi) is 2.00. The lowest BCUT2D eigenvalue weighted by Gasteiger charge is -2.14. The van der Waals surface area contributed by atoms with Crippen LogP contribution < -0.4 is 0 Å². The highest BCUT2D eigenvalue weighted by Gasteiger charge is 2.23. The molecule has 1 aromatic carbocycles. The largest absolute Gasteiger partial charge is 0.450 e. The van der Waals surface area contributed by atoms with Crippen molar-refractivity contribution in [2.24, 2.45) is 0 Å². The molecule has 0 amide bonds. The summed E-state index contributed by atoms with van der Waals surface area (Å²) in [5.74, 6) is -0.258. The third-order valence-corrected chi connectivity index (χ3v) is 2.75. The van der Waals surface area contributed by atoms with Crippen molar-refractivity contribution < 1.29 is 9.53 Å². The molecule has 0 saturated heterocycles. The van der Waals surface area contributed by atoms with Crippen LogP contribution in [0.1, 0.15) is 15.9 Å². The average molecular weight is 210 g/mol. The molecule has 0 aromatic heterocycles. The van der Waals surface area contributed by atoms with Crippen molar-refractivity contribution in [2.75, 3.05) is 0 Å². The van der Waals surface area contributed by atoms with Crippen LogP contribution in [0.25, 0.3) is 6.08 Å². The lowest BCUT2D eigenvalue weighted by molar-refractivity contribution is 0.0456. The quantitative estimate of drug-likeness (QED) is 0.615. The normalized spacial score (nSPS) is 21.6. The summed E-state index contributed by atoms with van der Waals surface area (Å²) in [4.78, 5) is 11.8. The second kappa shape index (κ2) is 3.49. The van der Waals surface area contributed by atoms with Crippen LogP contribution >= 0.6 is 0 Å². The fourth-order valence-electron chi connectivity index (χ4n) is 1.94. The molecule has 0 saturated carbocycles. The monoisotopic (exact) mass is 210 g/mol. The first kappa shape index (κ1) is 9.16. The van der Waals surface area contributed by atoms with E-state index in [9.17, 15) is 4.79 Å². The molecular weight excluding hydrogens is 200 g/mol. The molecule has 0 radical (unpaired) electrons. The van der Waals surface area contributed by atoms with E-state index in [2.05, 4.69) is 0 Å². The Morgan fingerprint density at radius 1 is 1.12 bits per heavy atom. The van der Waals surface area contributed by atoms with Crippen LogP contribution in [-0.2, 0) is 4.74 Å². The van der Waals surface area contributed by atoms with E-state index in [-0.39, 0.29) is 12.1 Å². The van der Waals surface area contributed by atoms with E-state index in [0.29, 0.717) is 5.56 Å². The van der Waals surface area contributed by atoms with Gasteiger partial charge in [0.15, 0.2) is 0 Å². The summed E-state index contributed by atoms with van der Waals surface area (Å²) in [6.07, 6.45) is 9.46. The van der Waals surface area contributed by atoms with Gasteiger partial charge in [-0.25, -0.2) is 4.79 Å². The van der Waals surface area contributed by atoms with Gasteiger partial charge >= 0.3 is 5.97 Å². The van der Waals surface area contributed by atoms with Gasteiger partial charge in [0.25, 0.3) is 0 Å². The number of carbonyl (C=O) groups excluding carboxylic acids is 1. The molecule has 78 valence electrons. The SMILES string of the molecule is O=C1OC2C=CC=CC2=Cc2ccccc21. The third-order valence-electron chi connectivity index (χ3n) is 2.75. The maximum atomic E-state index is 11.8. The number of fused-ring (bicyclic) bond motifs is 2. The lowest BCUT2D eigenvalue weighted by Crippen LogP contribution is -2.16. The number of ether oxygens (including phenoxy) is 1. The summed E-state index contributed by atoms with van der Waals surface area (Å²) in [6.45, 7) is 0. The van der Waals surface area contributed by atoms with Gasteiger partial charge in [-0.2, -0.15) is 0 Å². The van der Waals surface area contributed by atoms with E-state index in [0.717, 1.165) is 11.1 Å². The van der Waals surface area contributed by atoms with E-state index in [1.807, 2.05) is 48.6 Å². The summed E-state index contributed by atoms with van der Waals surface area (Å²) in [5, 5.41) is 0. The second-order valence-electron chi connectivity index (χ2n) is 3.80. The number of hydrogen-bond acceptors (Lipinski definition) is 2. The molecule has 16 heavy (non-hydrogen) atoms. The zero-order valence-electron chi connectivity index (χ0n) is 8.59. The van der Waals surface area contributed by atoms with Crippen LogP contribution in [0.5, 0.6) is 0 Å². The van der Waals surface area contributed by atoms with Gasteiger partial charge in [0.2, 0.25) is 0 Å². The Bertz CT molecular complexity index is 535. The van der Waals surface area contributed by atoms with Gasteiger partial charge in [-0.15, -0.1) is 0 Å². The van der Waals surface area contributed by atoms with Gasteiger partial charge in [-0.1, -0.05) is 36.4 Å². The second-order valence-corrected chi connectivity index (χ2v) is 3.80. The van der Waals surface area contributed by atoms with E-state index in [1.165, 1.54) is 0 Å². The lowest BCUT2D eigenvalue weighted by atomic mass is 10.0. The Balaban J connectivity index is 2.16. The third kappa shape index (κ3) is 1.39. The molecule has 0 bridgehead atoms. The topological polar surface area (TPSA) is 26.3 Å². The van der Waals surface area contributed by atoms with Gasteiger partial charge in [-0.05, 0) is 29.4 Å². The zero-order valence-corrected chi connectivity index (χ0v) is 8.59. The Morgan fingerprint density at radius 3 is 2.94 bits per heavy atom. The van der Waals surface area contributed by atoms with Crippen molar-refractivity contribution in [3.63, 3.8) is 0 Å². The van der Waals surface area contributed by atoms with Crippen molar-refractivity contribution in [3.8, 4) is 0 Å². The molecule has 2 heteroatoms. The fourth-order valence-corrected chi connectivity index (χ4v) is 1.94. The molecule has 2 nitrogen and oxygen atoms in total. The summed E-state index contributed by atoms with van der Waals surface area (Å²) in [7, 11) is 0. The molecule has 0 N–H and O–H groups in total. The number of rotatable bonds is 0. The Hall–Kier alpha value is -2.09. The Morgan fingerprint density at radius 2 is 2.00 bits per heavy atom. The number of benzene rings is 1. The minimum absolute atomic E-state index is 0.245. The molecule has 1 unspecified atom stereocenters. The van der Waals surface area contributed by atoms with Gasteiger partial charge in [0, 0.05) is 0 Å². The molecule has 1 heterocycles. The van der Waals surface area contributed by atoms with Gasteiger partial charge in [0.05, 0.1) is 5.56 Å². The summed E-state index contributed by atoms with van der Waals surface area (Å²) >= 11 is 0. The molecule has 1 aliphatic carbocycles. The average Bonchev–Trinajstić information content (AvgIpc) is 2.45. The predicted molar refractivity (Wildman–Crippen MR) is 61.9 cm³/mol. The maximum Gasteiger partial charge on any atom is 0.339 e. The summed E-state index contributed by atoms with van der Waals surface area (Å²) < 4.78 is 5.40. The number of allylic oxidation sites excluding steroid dienone is 2. The minimum Gasteiger partial charge on any atom is -0.450 e. The van der Waals surface area contributed by atoms with Gasteiger partial charge in [0.1, 0.15) is 6.10 Å². The summed E-state index contributed by atoms with van der Waals surface area (Å²) in [6, 6.07) is 7.49.